The monoisotopic (exact) mass is 268 g/mol. The van der Waals surface area contributed by atoms with Gasteiger partial charge in [0.1, 0.15) is 0 Å². The zero-order chi connectivity index (χ0) is 14.0. The van der Waals surface area contributed by atoms with Crippen LogP contribution in [-0.4, -0.2) is 18.0 Å². The van der Waals surface area contributed by atoms with E-state index in [9.17, 15) is 4.79 Å². The summed E-state index contributed by atoms with van der Waals surface area (Å²) in [4.78, 5) is 12.5. The van der Waals surface area contributed by atoms with E-state index in [1.807, 2.05) is 30.3 Å². The van der Waals surface area contributed by atoms with Crippen molar-refractivity contribution < 1.29 is 4.79 Å². The number of carbonyl (C=O) groups excluding carboxylic acids is 1. The van der Waals surface area contributed by atoms with Crippen LogP contribution in [0.2, 0.25) is 0 Å². The normalized spacial score (nSPS) is 22.1. The second kappa shape index (κ2) is 5.25. The van der Waals surface area contributed by atoms with Crippen molar-refractivity contribution in [2.75, 3.05) is 11.9 Å². The van der Waals surface area contributed by atoms with Crippen LogP contribution >= 0.6 is 0 Å². The van der Waals surface area contributed by atoms with Crippen molar-refractivity contribution in [1.29, 1.82) is 0 Å². The average molecular weight is 268 g/mol. The van der Waals surface area contributed by atoms with Gasteiger partial charge in [-0.05, 0) is 48.7 Å². The molecule has 1 amide bonds. The van der Waals surface area contributed by atoms with Gasteiger partial charge in [0.15, 0.2) is 0 Å². The molecule has 0 spiro atoms. The smallest absolute Gasteiger partial charge is 0.244 e. The summed E-state index contributed by atoms with van der Waals surface area (Å²) in [5.74, 6) is 0.0905. The minimum absolute atomic E-state index is 0.0905. The molecule has 0 saturated carbocycles. The molecule has 1 aliphatic heterocycles. The summed E-state index contributed by atoms with van der Waals surface area (Å²) in [6, 6.07) is 14.2. The molecule has 0 aromatic heterocycles. The number of benzene rings is 2. The summed E-state index contributed by atoms with van der Waals surface area (Å²) in [5.41, 5.74) is 0.487. The van der Waals surface area contributed by atoms with Gasteiger partial charge in [0, 0.05) is 5.69 Å². The Labute approximate surface area is 119 Å². The SMILES string of the molecule is CCC1(C(=O)Nc2ccc3ccccc3c2)CCCN1. The fraction of sp³-hybridized carbons (Fsp3) is 0.353. The zero-order valence-electron chi connectivity index (χ0n) is 11.8. The molecular weight excluding hydrogens is 248 g/mol. The molecule has 3 nitrogen and oxygen atoms in total. The highest BCUT2D eigenvalue weighted by atomic mass is 16.2. The number of carbonyl (C=O) groups is 1. The summed E-state index contributed by atoms with van der Waals surface area (Å²) in [5, 5.41) is 8.77. The maximum atomic E-state index is 12.5. The van der Waals surface area contributed by atoms with E-state index in [0.29, 0.717) is 0 Å². The van der Waals surface area contributed by atoms with Crippen LogP contribution in [-0.2, 0) is 4.79 Å². The van der Waals surface area contributed by atoms with Crippen LogP contribution in [0.4, 0.5) is 5.69 Å². The Morgan fingerprint density at radius 1 is 1.25 bits per heavy atom. The van der Waals surface area contributed by atoms with Gasteiger partial charge in [0.2, 0.25) is 5.91 Å². The number of hydrogen-bond donors (Lipinski definition) is 2. The van der Waals surface area contributed by atoms with E-state index in [1.165, 1.54) is 5.39 Å². The summed E-state index contributed by atoms with van der Waals surface area (Å²) >= 11 is 0. The summed E-state index contributed by atoms with van der Waals surface area (Å²) < 4.78 is 0. The number of hydrogen-bond acceptors (Lipinski definition) is 2. The van der Waals surface area contributed by atoms with Crippen molar-refractivity contribution in [2.45, 2.75) is 31.7 Å². The molecule has 0 aliphatic carbocycles. The topological polar surface area (TPSA) is 41.1 Å². The van der Waals surface area contributed by atoms with E-state index in [4.69, 9.17) is 0 Å². The lowest BCUT2D eigenvalue weighted by Crippen LogP contribution is -2.50. The molecular formula is C17H20N2O. The van der Waals surface area contributed by atoms with Crippen molar-refractivity contribution in [3.8, 4) is 0 Å². The Bertz CT molecular complexity index is 630. The van der Waals surface area contributed by atoms with Crippen LogP contribution in [0.3, 0.4) is 0 Å². The lowest BCUT2D eigenvalue weighted by Gasteiger charge is -2.26. The predicted molar refractivity (Wildman–Crippen MR) is 82.8 cm³/mol. The average Bonchev–Trinajstić information content (AvgIpc) is 2.97. The highest BCUT2D eigenvalue weighted by Crippen LogP contribution is 2.26. The van der Waals surface area contributed by atoms with Crippen LogP contribution in [0.25, 0.3) is 10.8 Å². The predicted octanol–water partition coefficient (Wildman–Crippen LogP) is 3.31. The van der Waals surface area contributed by atoms with Crippen molar-refractivity contribution in [2.24, 2.45) is 0 Å². The van der Waals surface area contributed by atoms with Crippen LogP contribution in [0, 0.1) is 0 Å². The minimum atomic E-state index is -0.383. The van der Waals surface area contributed by atoms with E-state index in [2.05, 4.69) is 29.7 Å². The zero-order valence-corrected chi connectivity index (χ0v) is 11.8. The molecule has 3 heteroatoms. The third kappa shape index (κ3) is 2.29. The van der Waals surface area contributed by atoms with Gasteiger partial charge in [0.25, 0.3) is 0 Å². The molecule has 1 aliphatic rings. The lowest BCUT2D eigenvalue weighted by molar-refractivity contribution is -0.122. The molecule has 2 aromatic carbocycles. The fourth-order valence-corrected chi connectivity index (χ4v) is 2.98. The first-order valence-electron chi connectivity index (χ1n) is 7.29. The van der Waals surface area contributed by atoms with Gasteiger partial charge in [-0.1, -0.05) is 37.3 Å². The standard InChI is InChI=1S/C17H20N2O/c1-2-17(10-5-11-18-17)16(20)19-15-9-8-13-6-3-4-7-14(13)12-15/h3-4,6-9,12,18H,2,5,10-11H2,1H3,(H,19,20). The molecule has 0 radical (unpaired) electrons. The first-order valence-corrected chi connectivity index (χ1v) is 7.29. The molecule has 2 N–H and O–H groups in total. The van der Waals surface area contributed by atoms with E-state index >= 15 is 0 Å². The summed E-state index contributed by atoms with van der Waals surface area (Å²) in [7, 11) is 0. The Kier molecular flexibility index (Phi) is 3.45. The first-order chi connectivity index (χ1) is 9.73. The largest absolute Gasteiger partial charge is 0.324 e. The quantitative estimate of drug-likeness (QED) is 0.896. The highest BCUT2D eigenvalue weighted by Gasteiger charge is 2.38. The Hall–Kier alpha value is -1.87. The van der Waals surface area contributed by atoms with Crippen molar-refractivity contribution in [1.82, 2.24) is 5.32 Å². The van der Waals surface area contributed by atoms with Crippen molar-refractivity contribution >= 4 is 22.4 Å². The molecule has 0 bridgehead atoms. The number of nitrogens with one attached hydrogen (secondary N) is 2. The van der Waals surface area contributed by atoms with Gasteiger partial charge >= 0.3 is 0 Å². The van der Waals surface area contributed by atoms with Crippen LogP contribution in [0.15, 0.2) is 42.5 Å². The van der Waals surface area contributed by atoms with Gasteiger partial charge in [0.05, 0.1) is 5.54 Å². The minimum Gasteiger partial charge on any atom is -0.324 e. The number of amides is 1. The number of anilines is 1. The van der Waals surface area contributed by atoms with Crippen LogP contribution in [0.5, 0.6) is 0 Å². The maximum Gasteiger partial charge on any atom is 0.244 e. The lowest BCUT2D eigenvalue weighted by atomic mass is 9.93. The van der Waals surface area contributed by atoms with Crippen LogP contribution in [0.1, 0.15) is 26.2 Å². The first kappa shape index (κ1) is 13.1. The van der Waals surface area contributed by atoms with Gasteiger partial charge in [-0.15, -0.1) is 0 Å². The fourth-order valence-electron chi connectivity index (χ4n) is 2.98. The third-order valence-corrected chi connectivity index (χ3v) is 4.29. The van der Waals surface area contributed by atoms with E-state index in [0.717, 1.165) is 36.9 Å². The van der Waals surface area contributed by atoms with Crippen molar-refractivity contribution in [3.63, 3.8) is 0 Å². The molecule has 1 fully saturated rings. The van der Waals surface area contributed by atoms with Gasteiger partial charge in [-0.2, -0.15) is 0 Å². The van der Waals surface area contributed by atoms with Gasteiger partial charge < -0.3 is 10.6 Å². The van der Waals surface area contributed by atoms with E-state index in [1.54, 1.807) is 0 Å². The highest BCUT2D eigenvalue weighted by molar-refractivity contribution is 6.00. The molecule has 1 atom stereocenters. The third-order valence-electron chi connectivity index (χ3n) is 4.29. The Morgan fingerprint density at radius 3 is 2.75 bits per heavy atom. The molecule has 1 saturated heterocycles. The van der Waals surface area contributed by atoms with E-state index < -0.39 is 0 Å². The molecule has 104 valence electrons. The molecule has 1 heterocycles. The Morgan fingerprint density at radius 2 is 2.05 bits per heavy atom. The van der Waals surface area contributed by atoms with Crippen molar-refractivity contribution in [3.05, 3.63) is 42.5 Å². The van der Waals surface area contributed by atoms with Crippen LogP contribution < -0.4 is 10.6 Å². The van der Waals surface area contributed by atoms with E-state index in [-0.39, 0.29) is 11.4 Å². The summed E-state index contributed by atoms with van der Waals surface area (Å²) in [6.45, 7) is 3.00. The maximum absolute atomic E-state index is 12.5. The molecule has 1 unspecified atom stereocenters. The number of fused-ring (bicyclic) bond motifs is 1. The van der Waals surface area contributed by atoms with Gasteiger partial charge in [-0.3, -0.25) is 4.79 Å². The van der Waals surface area contributed by atoms with Gasteiger partial charge in [-0.25, -0.2) is 0 Å². The second-order valence-corrected chi connectivity index (χ2v) is 5.48. The summed E-state index contributed by atoms with van der Waals surface area (Å²) in [6.07, 6.45) is 2.81. The molecule has 2 aromatic rings. The molecule has 3 rings (SSSR count). The second-order valence-electron chi connectivity index (χ2n) is 5.48. The molecule has 20 heavy (non-hydrogen) atoms. The Balaban J connectivity index is 1.83. The number of rotatable bonds is 3.